The van der Waals surface area contributed by atoms with E-state index in [-0.39, 0.29) is 11.8 Å². The number of hydrogen-bond acceptors (Lipinski definition) is 5. The smallest absolute Gasteiger partial charge is 0.262 e. The number of benzene rings is 2. The van der Waals surface area contributed by atoms with Crippen LogP contribution in [0.1, 0.15) is 28.8 Å². The van der Waals surface area contributed by atoms with Crippen molar-refractivity contribution in [2.45, 2.75) is 17.7 Å². The van der Waals surface area contributed by atoms with Gasteiger partial charge in [0.25, 0.3) is 11.8 Å². The molecule has 1 saturated heterocycles. The van der Waals surface area contributed by atoms with E-state index in [0.717, 1.165) is 35.8 Å². The number of fused-ring (bicyclic) bond motifs is 1. The molecule has 1 fully saturated rings. The quantitative estimate of drug-likeness (QED) is 0.695. The summed E-state index contributed by atoms with van der Waals surface area (Å²) in [5.41, 5.74) is 2.15. The number of carbonyl (C=O) groups excluding carboxylic acids is 2. The Morgan fingerprint density at radius 1 is 1.20 bits per heavy atom. The molecule has 2 aliphatic rings. The number of methoxy groups -OCH3 is 1. The SMILES string of the molecule is COc1ccc(C=C2Sc3ccc(C(=O)NCCN4CCCC4)cc3NC2=O)cc1. The highest BCUT2D eigenvalue weighted by Crippen LogP contribution is 2.39. The van der Waals surface area contributed by atoms with E-state index in [1.807, 2.05) is 36.4 Å². The number of amides is 2. The van der Waals surface area contributed by atoms with Gasteiger partial charge in [-0.25, -0.2) is 0 Å². The molecule has 0 unspecified atom stereocenters. The molecule has 6 nitrogen and oxygen atoms in total. The van der Waals surface area contributed by atoms with Crippen LogP contribution in [0.2, 0.25) is 0 Å². The Morgan fingerprint density at radius 2 is 1.97 bits per heavy atom. The van der Waals surface area contributed by atoms with Gasteiger partial charge in [-0.1, -0.05) is 23.9 Å². The van der Waals surface area contributed by atoms with Crippen LogP contribution in [0.5, 0.6) is 5.75 Å². The average molecular weight is 424 g/mol. The van der Waals surface area contributed by atoms with Crippen molar-refractivity contribution in [3.8, 4) is 5.75 Å². The lowest BCUT2D eigenvalue weighted by Crippen LogP contribution is -2.33. The summed E-state index contributed by atoms with van der Waals surface area (Å²) in [5.74, 6) is 0.486. The van der Waals surface area contributed by atoms with Crippen molar-refractivity contribution in [2.75, 3.05) is 38.6 Å². The highest BCUT2D eigenvalue weighted by atomic mass is 32.2. The number of hydrogen-bond donors (Lipinski definition) is 2. The normalized spacial score (nSPS) is 17.5. The van der Waals surface area contributed by atoms with Crippen LogP contribution < -0.4 is 15.4 Å². The van der Waals surface area contributed by atoms with Gasteiger partial charge in [-0.2, -0.15) is 0 Å². The maximum Gasteiger partial charge on any atom is 0.262 e. The molecule has 0 bridgehead atoms. The van der Waals surface area contributed by atoms with E-state index in [1.54, 1.807) is 19.2 Å². The van der Waals surface area contributed by atoms with E-state index in [4.69, 9.17) is 4.74 Å². The molecule has 0 saturated carbocycles. The fourth-order valence-electron chi connectivity index (χ4n) is 3.59. The van der Waals surface area contributed by atoms with Gasteiger partial charge in [-0.15, -0.1) is 0 Å². The fraction of sp³-hybridized carbons (Fsp3) is 0.304. The lowest BCUT2D eigenvalue weighted by Gasteiger charge is -2.20. The van der Waals surface area contributed by atoms with Crippen molar-refractivity contribution in [3.05, 3.63) is 58.5 Å². The minimum Gasteiger partial charge on any atom is -0.497 e. The number of nitrogens with zero attached hydrogens (tertiary/aromatic N) is 1. The number of rotatable bonds is 6. The molecule has 0 aromatic heterocycles. The van der Waals surface area contributed by atoms with Crippen LogP contribution in [0.4, 0.5) is 5.69 Å². The molecule has 2 aromatic carbocycles. The van der Waals surface area contributed by atoms with E-state index < -0.39 is 0 Å². The van der Waals surface area contributed by atoms with Gasteiger partial charge in [0.05, 0.1) is 17.7 Å². The van der Waals surface area contributed by atoms with Crippen molar-refractivity contribution < 1.29 is 14.3 Å². The van der Waals surface area contributed by atoms with Gasteiger partial charge in [-0.3, -0.25) is 9.59 Å². The van der Waals surface area contributed by atoms with Gasteiger partial charge in [0.2, 0.25) is 0 Å². The highest BCUT2D eigenvalue weighted by molar-refractivity contribution is 8.04. The van der Waals surface area contributed by atoms with Crippen LogP contribution in [-0.2, 0) is 4.79 Å². The zero-order valence-corrected chi connectivity index (χ0v) is 17.8. The molecule has 0 radical (unpaired) electrons. The van der Waals surface area contributed by atoms with E-state index in [0.29, 0.717) is 22.7 Å². The Kier molecular flexibility index (Phi) is 6.40. The molecule has 30 heavy (non-hydrogen) atoms. The molecule has 4 rings (SSSR count). The molecule has 0 spiro atoms. The van der Waals surface area contributed by atoms with Gasteiger partial charge in [-0.05, 0) is 67.9 Å². The van der Waals surface area contributed by atoms with Crippen LogP contribution in [0.15, 0.2) is 52.3 Å². The van der Waals surface area contributed by atoms with Crippen molar-refractivity contribution in [2.24, 2.45) is 0 Å². The third-order valence-corrected chi connectivity index (χ3v) is 6.36. The first kappa shape index (κ1) is 20.5. The maximum absolute atomic E-state index is 12.6. The fourth-order valence-corrected chi connectivity index (χ4v) is 4.52. The Morgan fingerprint density at radius 3 is 2.70 bits per heavy atom. The van der Waals surface area contributed by atoms with Crippen molar-refractivity contribution in [1.29, 1.82) is 0 Å². The van der Waals surface area contributed by atoms with Gasteiger partial charge in [0.15, 0.2) is 0 Å². The third kappa shape index (κ3) is 4.86. The molecule has 2 amide bonds. The van der Waals surface area contributed by atoms with Crippen LogP contribution in [0, 0.1) is 0 Å². The number of ether oxygens (including phenoxy) is 1. The Balaban J connectivity index is 1.41. The summed E-state index contributed by atoms with van der Waals surface area (Å²) in [6.45, 7) is 3.74. The van der Waals surface area contributed by atoms with Gasteiger partial charge in [0.1, 0.15) is 5.75 Å². The minimum atomic E-state index is -0.171. The average Bonchev–Trinajstić information content (AvgIpc) is 3.28. The van der Waals surface area contributed by atoms with Crippen molar-refractivity contribution in [1.82, 2.24) is 10.2 Å². The minimum absolute atomic E-state index is 0.115. The predicted octanol–water partition coefficient (Wildman–Crippen LogP) is 3.61. The zero-order valence-electron chi connectivity index (χ0n) is 16.9. The highest BCUT2D eigenvalue weighted by Gasteiger charge is 2.22. The second kappa shape index (κ2) is 9.36. The van der Waals surface area contributed by atoms with E-state index in [2.05, 4.69) is 15.5 Å². The summed E-state index contributed by atoms with van der Waals surface area (Å²) in [7, 11) is 1.62. The summed E-state index contributed by atoms with van der Waals surface area (Å²) >= 11 is 1.40. The molecular formula is C23H25N3O3S. The Bertz CT molecular complexity index is 966. The van der Waals surface area contributed by atoms with E-state index in [1.165, 1.54) is 24.6 Å². The first-order valence-corrected chi connectivity index (χ1v) is 10.9. The third-order valence-electron chi connectivity index (χ3n) is 5.26. The summed E-state index contributed by atoms with van der Waals surface area (Å²) < 4.78 is 5.17. The maximum atomic E-state index is 12.6. The molecular weight excluding hydrogens is 398 g/mol. The first-order valence-electron chi connectivity index (χ1n) is 10.1. The summed E-state index contributed by atoms with van der Waals surface area (Å²) in [5, 5.41) is 5.88. The Labute approximate surface area is 180 Å². The molecule has 2 aliphatic heterocycles. The first-order chi connectivity index (χ1) is 14.6. The topological polar surface area (TPSA) is 70.7 Å². The summed E-state index contributed by atoms with van der Waals surface area (Å²) in [4.78, 5) is 28.9. The lowest BCUT2D eigenvalue weighted by atomic mass is 10.1. The van der Waals surface area contributed by atoms with Gasteiger partial charge in [0, 0.05) is 23.5 Å². The second-order valence-corrected chi connectivity index (χ2v) is 8.44. The van der Waals surface area contributed by atoms with Crippen LogP contribution in [0.3, 0.4) is 0 Å². The number of anilines is 1. The summed E-state index contributed by atoms with van der Waals surface area (Å²) in [6, 6.07) is 13.0. The van der Waals surface area contributed by atoms with E-state index in [9.17, 15) is 9.59 Å². The number of nitrogens with one attached hydrogen (secondary N) is 2. The molecule has 0 atom stereocenters. The molecule has 156 valence electrons. The molecule has 2 N–H and O–H groups in total. The van der Waals surface area contributed by atoms with Gasteiger partial charge < -0.3 is 20.3 Å². The monoisotopic (exact) mass is 423 g/mol. The lowest BCUT2D eigenvalue weighted by molar-refractivity contribution is -0.112. The molecule has 7 heteroatoms. The van der Waals surface area contributed by atoms with Crippen LogP contribution in [-0.4, -0.2) is 50.0 Å². The van der Waals surface area contributed by atoms with E-state index >= 15 is 0 Å². The van der Waals surface area contributed by atoms with Crippen molar-refractivity contribution in [3.63, 3.8) is 0 Å². The predicted molar refractivity (Wildman–Crippen MR) is 120 cm³/mol. The standard InChI is InChI=1S/C23H25N3O3S/c1-29-18-7-4-16(5-8-18)14-21-23(28)25-19-15-17(6-9-20(19)30-21)22(27)24-10-13-26-11-2-3-12-26/h4-9,14-15H,2-3,10-13H2,1H3,(H,24,27)(H,25,28). The van der Waals surface area contributed by atoms with Crippen LogP contribution in [0.25, 0.3) is 6.08 Å². The second-order valence-electron chi connectivity index (χ2n) is 7.35. The van der Waals surface area contributed by atoms with Crippen molar-refractivity contribution >= 4 is 35.3 Å². The number of carbonyl (C=O) groups is 2. The summed E-state index contributed by atoms with van der Waals surface area (Å²) in [6.07, 6.45) is 4.33. The molecule has 2 heterocycles. The number of likely N-dealkylation sites (tertiary alicyclic amines) is 1. The zero-order chi connectivity index (χ0) is 20.9. The number of thioether (sulfide) groups is 1. The van der Waals surface area contributed by atoms with Gasteiger partial charge >= 0.3 is 0 Å². The molecule has 2 aromatic rings. The largest absolute Gasteiger partial charge is 0.497 e. The van der Waals surface area contributed by atoms with Crippen LogP contribution >= 0.6 is 11.8 Å². The molecule has 0 aliphatic carbocycles. The Hall–Kier alpha value is -2.77.